The molecule has 1 fully saturated rings. The first-order valence-electron chi connectivity index (χ1n) is 12.3. The van der Waals surface area contributed by atoms with Crippen LogP contribution in [0.1, 0.15) is 30.5 Å². The third-order valence-electron chi connectivity index (χ3n) is 6.17. The van der Waals surface area contributed by atoms with Gasteiger partial charge in [-0.15, -0.1) is 0 Å². The average Bonchev–Trinajstić information content (AvgIpc) is 3.54. The van der Waals surface area contributed by atoms with E-state index in [4.69, 9.17) is 9.84 Å². The first-order valence-corrected chi connectivity index (χ1v) is 14.1. The summed E-state index contributed by atoms with van der Waals surface area (Å²) in [6, 6.07) is 9.24. The number of H-pyrrole nitrogens is 1. The molecule has 0 unspecified atom stereocenters. The number of aromatic amines is 1. The molecule has 3 heterocycles. The molecule has 1 aliphatic heterocycles. The molecule has 2 aromatic carbocycles. The Balaban J connectivity index is 0.000000956. The smallest absolute Gasteiger partial charge is 0.175 e. The number of aromatic nitrogens is 3. The lowest BCUT2D eigenvalue weighted by Crippen LogP contribution is -2.54. The number of nitrogens with zero attached hydrogens (tertiary/aromatic N) is 4. The van der Waals surface area contributed by atoms with Crippen molar-refractivity contribution in [3.05, 3.63) is 53.3 Å². The van der Waals surface area contributed by atoms with Gasteiger partial charge in [0.15, 0.2) is 15.6 Å². The molecule has 0 amide bonds. The molecular formula is C27H33N5O5S. The van der Waals surface area contributed by atoms with Crippen molar-refractivity contribution in [1.29, 1.82) is 5.26 Å². The summed E-state index contributed by atoms with van der Waals surface area (Å²) < 4.78 is 33.0. The lowest BCUT2D eigenvalue weighted by molar-refractivity contribution is -0.111. The molecule has 202 valence electrons. The van der Waals surface area contributed by atoms with Crippen molar-refractivity contribution in [3.63, 3.8) is 0 Å². The van der Waals surface area contributed by atoms with Crippen LogP contribution in [0.5, 0.6) is 5.75 Å². The van der Waals surface area contributed by atoms with Crippen LogP contribution in [0.4, 0.5) is 0 Å². The van der Waals surface area contributed by atoms with Crippen molar-refractivity contribution >= 4 is 37.9 Å². The lowest BCUT2D eigenvalue weighted by atomic mass is 10.1. The minimum Gasteiger partial charge on any atom is -0.484 e. The topological polar surface area (TPSA) is 141 Å². The number of hydrogen-bond acceptors (Lipinski definition) is 8. The molecule has 2 aromatic heterocycles. The van der Waals surface area contributed by atoms with Crippen molar-refractivity contribution in [2.24, 2.45) is 0 Å². The maximum atomic E-state index is 12.6. The number of rotatable bonds is 7. The number of sulfone groups is 1. The predicted molar refractivity (Wildman–Crippen MR) is 146 cm³/mol. The Bertz CT molecular complexity index is 1580. The van der Waals surface area contributed by atoms with E-state index in [-0.39, 0.29) is 17.5 Å². The minimum atomic E-state index is -3.47. The number of carbonyl (C=O) groups excluding carboxylic acids is 1. The van der Waals surface area contributed by atoms with E-state index in [1.54, 1.807) is 23.0 Å². The normalized spacial score (nSPS) is 13.6. The average molecular weight is 540 g/mol. The first kappa shape index (κ1) is 28.8. The molecule has 1 aliphatic rings. The number of aryl methyl sites for hydroxylation is 1. The van der Waals surface area contributed by atoms with Gasteiger partial charge in [0.25, 0.3) is 0 Å². The summed E-state index contributed by atoms with van der Waals surface area (Å²) >= 11 is 0. The van der Waals surface area contributed by atoms with Crippen LogP contribution < -0.4 is 4.74 Å². The van der Waals surface area contributed by atoms with Gasteiger partial charge >= 0.3 is 0 Å². The summed E-state index contributed by atoms with van der Waals surface area (Å²) in [6.45, 7) is 7.68. The molecule has 11 heteroatoms. The zero-order valence-electron chi connectivity index (χ0n) is 22.2. The van der Waals surface area contributed by atoms with Crippen LogP contribution in [0.3, 0.4) is 0 Å². The molecule has 1 saturated heterocycles. The Labute approximate surface area is 222 Å². The van der Waals surface area contributed by atoms with Crippen LogP contribution in [0.15, 0.2) is 41.6 Å². The Kier molecular flexibility index (Phi) is 9.27. The zero-order chi connectivity index (χ0) is 28.0. The van der Waals surface area contributed by atoms with E-state index in [9.17, 15) is 18.5 Å². The predicted octanol–water partition coefficient (Wildman–Crippen LogP) is 3.05. The quantitative estimate of drug-likeness (QED) is 0.341. The van der Waals surface area contributed by atoms with Gasteiger partial charge in [-0.3, -0.25) is 9.58 Å². The molecule has 4 aromatic rings. The van der Waals surface area contributed by atoms with E-state index in [0.717, 1.165) is 35.2 Å². The fourth-order valence-electron chi connectivity index (χ4n) is 4.51. The summed E-state index contributed by atoms with van der Waals surface area (Å²) in [6.07, 6.45) is 5.56. The Morgan fingerprint density at radius 2 is 1.97 bits per heavy atom. The van der Waals surface area contributed by atoms with Crippen molar-refractivity contribution in [1.82, 2.24) is 19.7 Å². The van der Waals surface area contributed by atoms with Gasteiger partial charge in [-0.25, -0.2) is 8.42 Å². The number of aliphatic hydroxyl groups is 1. The summed E-state index contributed by atoms with van der Waals surface area (Å²) in [5, 5.41) is 22.9. The monoisotopic (exact) mass is 539 g/mol. The number of aldehydes is 1. The second-order valence-electron chi connectivity index (χ2n) is 8.65. The van der Waals surface area contributed by atoms with Crippen LogP contribution in [0, 0.1) is 18.3 Å². The number of nitrogens with one attached hydrogen (secondary N) is 1. The molecule has 2 N–H and O–H groups in total. The zero-order valence-corrected chi connectivity index (χ0v) is 23.0. The maximum absolute atomic E-state index is 12.6. The number of ether oxygens (including phenoxy) is 1. The van der Waals surface area contributed by atoms with Gasteiger partial charge in [0, 0.05) is 60.7 Å². The molecule has 0 aliphatic carbocycles. The van der Waals surface area contributed by atoms with Crippen LogP contribution in [-0.4, -0.2) is 78.6 Å². The Morgan fingerprint density at radius 1 is 1.26 bits per heavy atom. The number of nitriles is 1. The lowest BCUT2D eigenvalue weighted by Gasteiger charge is -2.37. The molecular weight excluding hydrogens is 506 g/mol. The molecule has 0 bridgehead atoms. The molecule has 10 nitrogen and oxygen atoms in total. The van der Waals surface area contributed by atoms with Gasteiger partial charge in [-0.2, -0.15) is 10.4 Å². The second kappa shape index (κ2) is 12.2. The third-order valence-corrected chi connectivity index (χ3v) is 7.33. The highest BCUT2D eigenvalue weighted by Gasteiger charge is 2.29. The summed E-state index contributed by atoms with van der Waals surface area (Å²) in [5.41, 5.74) is 3.33. The van der Waals surface area contributed by atoms with E-state index in [1.165, 1.54) is 6.26 Å². The van der Waals surface area contributed by atoms with Gasteiger partial charge in [-0.05, 0) is 36.8 Å². The van der Waals surface area contributed by atoms with Crippen molar-refractivity contribution in [2.75, 3.05) is 33.0 Å². The number of hydrogen-bond donors (Lipinski definition) is 2. The van der Waals surface area contributed by atoms with Crippen LogP contribution >= 0.6 is 0 Å². The first-order chi connectivity index (χ1) is 18.3. The maximum Gasteiger partial charge on any atom is 0.175 e. The second-order valence-corrected chi connectivity index (χ2v) is 10.6. The van der Waals surface area contributed by atoms with Crippen molar-refractivity contribution < 1.29 is 23.1 Å². The number of likely N-dealkylation sites (tertiary alicyclic amines) is 1. The summed E-state index contributed by atoms with van der Waals surface area (Å²) in [5.74, 6) is 0.411. The molecule has 0 saturated carbocycles. The van der Waals surface area contributed by atoms with Gasteiger partial charge in [0.1, 0.15) is 24.0 Å². The molecule has 38 heavy (non-hydrogen) atoms. The number of carbonyl (C=O) groups is 1. The fourth-order valence-corrected chi connectivity index (χ4v) is 5.52. The van der Waals surface area contributed by atoms with Crippen LogP contribution in [-0.2, 0) is 21.2 Å². The van der Waals surface area contributed by atoms with Gasteiger partial charge in [0.05, 0.1) is 23.5 Å². The van der Waals surface area contributed by atoms with E-state index in [0.29, 0.717) is 42.0 Å². The van der Waals surface area contributed by atoms with E-state index >= 15 is 0 Å². The largest absolute Gasteiger partial charge is 0.484 e. The van der Waals surface area contributed by atoms with E-state index in [1.807, 2.05) is 44.0 Å². The molecule has 5 rings (SSSR count). The highest BCUT2D eigenvalue weighted by Crippen LogP contribution is 2.33. The van der Waals surface area contributed by atoms with E-state index in [2.05, 4.69) is 16.2 Å². The number of aliphatic hydroxyl groups excluding tert-OH is 1. The van der Waals surface area contributed by atoms with Crippen LogP contribution in [0.25, 0.3) is 21.8 Å². The highest BCUT2D eigenvalue weighted by molar-refractivity contribution is 7.90. The summed E-state index contributed by atoms with van der Waals surface area (Å²) in [4.78, 5) is 16.1. The number of fused-ring (bicyclic) bond motifs is 2. The van der Waals surface area contributed by atoms with Crippen LogP contribution in [0.2, 0.25) is 0 Å². The van der Waals surface area contributed by atoms with Gasteiger partial charge in [0.2, 0.25) is 0 Å². The fraction of sp³-hybridized carbons (Fsp3) is 0.370. The summed E-state index contributed by atoms with van der Waals surface area (Å²) in [7, 11) is -2.47. The molecule has 0 spiro atoms. The highest BCUT2D eigenvalue weighted by atomic mass is 32.2. The van der Waals surface area contributed by atoms with Crippen molar-refractivity contribution in [2.45, 2.75) is 38.3 Å². The van der Waals surface area contributed by atoms with Crippen molar-refractivity contribution in [3.8, 4) is 11.8 Å². The van der Waals surface area contributed by atoms with Gasteiger partial charge in [-0.1, -0.05) is 13.8 Å². The van der Waals surface area contributed by atoms with Gasteiger partial charge < -0.3 is 19.6 Å². The minimum absolute atomic E-state index is 0.129. The third kappa shape index (κ3) is 5.72. The SMILES string of the molecule is CC.CO.Cc1cc(S(C)(=O)=O)c(Cn2cc3ccc(C#N)c(OC4CN(CC=O)C4)c3n2)c2cc[nH]c12. The Hall–Kier alpha value is -3.72. The molecule has 0 radical (unpaired) electrons. The standard InChI is InChI=1S/C24H23N5O4S.C2H6.CH4O/c1-15-9-21(34(2,31)32)20(19-5-6-26-22(15)19)14-29-11-17-4-3-16(10-25)24(23(17)27-29)33-18-12-28(13-18)7-8-30;2*1-2/h3-6,8-9,11,18,26H,7,12-14H2,1-2H3;1-2H3;2H,1H3. The van der Waals surface area contributed by atoms with E-state index < -0.39 is 9.84 Å². The molecule has 0 atom stereocenters. The number of benzene rings is 2. The Morgan fingerprint density at radius 3 is 2.61 bits per heavy atom.